The smallest absolute Gasteiger partial charge is 0.150 e. The van der Waals surface area contributed by atoms with Crippen LogP contribution in [0, 0.1) is 0 Å². The van der Waals surface area contributed by atoms with Gasteiger partial charge in [0, 0.05) is 6.26 Å². The van der Waals surface area contributed by atoms with Crippen molar-refractivity contribution in [2.24, 2.45) is 0 Å². The van der Waals surface area contributed by atoms with Gasteiger partial charge < -0.3 is 0 Å². The Morgan fingerprint density at radius 2 is 0.500 bits per heavy atom. The van der Waals surface area contributed by atoms with Crippen LogP contribution in [0.1, 0.15) is 226 Å². The van der Waals surface area contributed by atoms with E-state index in [0.717, 1.165) is 25.7 Å². The van der Waals surface area contributed by atoms with Crippen molar-refractivity contribution in [2.75, 3.05) is 6.26 Å². The van der Waals surface area contributed by atoms with E-state index in [1.165, 1.54) is 192 Å². The van der Waals surface area contributed by atoms with Crippen molar-refractivity contribution < 1.29 is 8.42 Å². The van der Waals surface area contributed by atoms with Crippen LogP contribution in [0.15, 0.2) is 0 Å². The topological polar surface area (TPSA) is 34.1 Å². The number of unbranched alkanes of at least 4 members (excludes halogenated alkanes) is 29. The molecule has 3 heteroatoms. The highest BCUT2D eigenvalue weighted by Gasteiger charge is 2.19. The zero-order valence-electron chi connectivity index (χ0n) is 28.1. The van der Waals surface area contributed by atoms with Crippen LogP contribution in [0.25, 0.3) is 0 Å². The van der Waals surface area contributed by atoms with E-state index in [1.54, 1.807) is 0 Å². The lowest BCUT2D eigenvalue weighted by atomic mass is 10.0. The van der Waals surface area contributed by atoms with Gasteiger partial charge in [-0.3, -0.25) is 0 Å². The Morgan fingerprint density at radius 3 is 0.700 bits per heavy atom. The second-order valence-corrected chi connectivity index (χ2v) is 15.6. The molecule has 2 nitrogen and oxygen atoms in total. The Hall–Kier alpha value is -0.0500. The molecule has 0 aromatic carbocycles. The fraction of sp³-hybridized carbons (Fsp3) is 1.00. The van der Waals surface area contributed by atoms with E-state index in [4.69, 9.17) is 0 Å². The summed E-state index contributed by atoms with van der Waals surface area (Å²) in [4.78, 5) is 0. The molecule has 1 unspecified atom stereocenters. The highest BCUT2D eigenvalue weighted by Crippen LogP contribution is 2.20. The van der Waals surface area contributed by atoms with Crippen LogP contribution in [-0.4, -0.2) is 19.9 Å². The molecule has 1 atom stereocenters. The molecular formula is C37H76O2S. The van der Waals surface area contributed by atoms with Crippen molar-refractivity contribution in [1.82, 2.24) is 0 Å². The van der Waals surface area contributed by atoms with Gasteiger partial charge >= 0.3 is 0 Å². The number of hydrogen-bond donors (Lipinski definition) is 0. The number of rotatable bonds is 34. The molecule has 0 saturated heterocycles. The van der Waals surface area contributed by atoms with Crippen molar-refractivity contribution in [1.29, 1.82) is 0 Å². The van der Waals surface area contributed by atoms with Gasteiger partial charge in [0.2, 0.25) is 0 Å². The van der Waals surface area contributed by atoms with Crippen molar-refractivity contribution in [2.45, 2.75) is 231 Å². The third-order valence-corrected chi connectivity index (χ3v) is 10.8. The maximum absolute atomic E-state index is 12.1. The molecule has 242 valence electrons. The first-order valence-corrected chi connectivity index (χ1v) is 20.7. The van der Waals surface area contributed by atoms with Crippen molar-refractivity contribution in [3.05, 3.63) is 0 Å². The van der Waals surface area contributed by atoms with E-state index in [9.17, 15) is 8.42 Å². The molecule has 0 N–H and O–H groups in total. The highest BCUT2D eigenvalue weighted by atomic mass is 32.2. The summed E-state index contributed by atoms with van der Waals surface area (Å²) in [5.74, 6) is 0. The minimum Gasteiger partial charge on any atom is -0.229 e. The molecule has 0 spiro atoms. The van der Waals surface area contributed by atoms with Gasteiger partial charge in [0.15, 0.2) is 0 Å². The largest absolute Gasteiger partial charge is 0.229 e. The molecule has 0 fully saturated rings. The molecule has 0 aliphatic carbocycles. The van der Waals surface area contributed by atoms with Crippen molar-refractivity contribution >= 4 is 9.84 Å². The Balaban J connectivity index is 3.26. The average molecular weight is 585 g/mol. The van der Waals surface area contributed by atoms with Crippen LogP contribution in [0.3, 0.4) is 0 Å². The fourth-order valence-electron chi connectivity index (χ4n) is 6.24. The summed E-state index contributed by atoms with van der Waals surface area (Å²) in [5, 5.41) is -0.0939. The van der Waals surface area contributed by atoms with Gasteiger partial charge in [0.1, 0.15) is 9.84 Å². The van der Waals surface area contributed by atoms with E-state index in [-0.39, 0.29) is 5.25 Å². The molecule has 0 aromatic rings. The summed E-state index contributed by atoms with van der Waals surface area (Å²) in [6.07, 6.45) is 46.1. The molecular weight excluding hydrogens is 508 g/mol. The molecule has 40 heavy (non-hydrogen) atoms. The van der Waals surface area contributed by atoms with Crippen LogP contribution in [0.5, 0.6) is 0 Å². The maximum atomic E-state index is 12.1. The molecule has 0 amide bonds. The SMILES string of the molecule is CCCCCCCCCCCCCCCCCCCCCCCCCCCCCC(CCCCCC)S(C)(=O)=O. The van der Waals surface area contributed by atoms with Crippen LogP contribution < -0.4 is 0 Å². The minimum absolute atomic E-state index is 0.0939. The van der Waals surface area contributed by atoms with Crippen LogP contribution in [0.2, 0.25) is 0 Å². The van der Waals surface area contributed by atoms with Crippen molar-refractivity contribution in [3.8, 4) is 0 Å². The second kappa shape index (κ2) is 31.9. The zero-order valence-corrected chi connectivity index (χ0v) is 29.0. The van der Waals surface area contributed by atoms with Gasteiger partial charge in [-0.05, 0) is 12.8 Å². The number of sulfone groups is 1. The Kier molecular flexibility index (Phi) is 31.8. The molecule has 0 aromatic heterocycles. The van der Waals surface area contributed by atoms with E-state index < -0.39 is 9.84 Å². The summed E-state index contributed by atoms with van der Waals surface area (Å²) in [5.41, 5.74) is 0. The third-order valence-electron chi connectivity index (χ3n) is 9.11. The molecule has 0 heterocycles. The Morgan fingerprint density at radius 1 is 0.325 bits per heavy atom. The standard InChI is InChI=1S/C37H76O2S/c1-4-6-8-10-11-12-13-14-15-16-17-18-19-20-21-22-23-24-25-26-27-28-29-30-31-32-34-36-37(40(3,38)39)35-33-9-7-5-2/h37H,4-36H2,1-3H3. The number of hydrogen-bond acceptors (Lipinski definition) is 2. The first-order chi connectivity index (χ1) is 19.5. The van der Waals surface area contributed by atoms with Crippen LogP contribution >= 0.6 is 0 Å². The monoisotopic (exact) mass is 585 g/mol. The zero-order chi connectivity index (χ0) is 29.4. The summed E-state index contributed by atoms with van der Waals surface area (Å²) in [6, 6.07) is 0. The van der Waals surface area contributed by atoms with Gasteiger partial charge in [-0.25, -0.2) is 8.42 Å². The van der Waals surface area contributed by atoms with E-state index in [1.807, 2.05) is 0 Å². The Labute approximate surface area is 255 Å². The van der Waals surface area contributed by atoms with Gasteiger partial charge in [-0.1, -0.05) is 213 Å². The summed E-state index contributed by atoms with van der Waals surface area (Å²) in [7, 11) is -2.88. The van der Waals surface area contributed by atoms with E-state index >= 15 is 0 Å². The molecule has 0 aliphatic heterocycles. The lowest BCUT2D eigenvalue weighted by molar-refractivity contribution is 0.507. The average Bonchev–Trinajstić information content (AvgIpc) is 2.93. The summed E-state index contributed by atoms with van der Waals surface area (Å²) in [6.45, 7) is 4.51. The first-order valence-electron chi connectivity index (χ1n) is 18.7. The van der Waals surface area contributed by atoms with Gasteiger partial charge in [-0.2, -0.15) is 0 Å². The van der Waals surface area contributed by atoms with Crippen molar-refractivity contribution in [3.63, 3.8) is 0 Å². The van der Waals surface area contributed by atoms with Gasteiger partial charge in [0.25, 0.3) is 0 Å². The molecule has 0 aliphatic rings. The predicted molar refractivity (Wildman–Crippen MR) is 182 cm³/mol. The highest BCUT2D eigenvalue weighted by molar-refractivity contribution is 7.91. The lowest BCUT2D eigenvalue weighted by Crippen LogP contribution is -2.19. The second-order valence-electron chi connectivity index (χ2n) is 13.3. The fourth-order valence-corrected chi connectivity index (χ4v) is 7.43. The van der Waals surface area contributed by atoms with E-state index in [0.29, 0.717) is 0 Å². The normalized spacial score (nSPS) is 12.8. The molecule has 0 bridgehead atoms. The minimum atomic E-state index is -2.88. The first kappa shape index (κ1) is 40.0. The predicted octanol–water partition coefficient (Wildman–Crippen LogP) is 13.3. The summed E-state index contributed by atoms with van der Waals surface area (Å²) >= 11 is 0. The molecule has 0 radical (unpaired) electrons. The molecule has 0 saturated carbocycles. The van der Waals surface area contributed by atoms with E-state index in [2.05, 4.69) is 13.8 Å². The third kappa shape index (κ3) is 30.9. The van der Waals surface area contributed by atoms with Crippen LogP contribution in [0.4, 0.5) is 0 Å². The Bertz CT molecular complexity index is 571. The van der Waals surface area contributed by atoms with Crippen LogP contribution in [-0.2, 0) is 9.84 Å². The maximum Gasteiger partial charge on any atom is 0.150 e. The van der Waals surface area contributed by atoms with Gasteiger partial charge in [-0.15, -0.1) is 0 Å². The quantitative estimate of drug-likeness (QED) is 0.0705. The van der Waals surface area contributed by atoms with Gasteiger partial charge in [0.05, 0.1) is 5.25 Å². The molecule has 0 rings (SSSR count). The lowest BCUT2D eigenvalue weighted by Gasteiger charge is -2.15. The summed E-state index contributed by atoms with van der Waals surface area (Å²) < 4.78 is 24.1.